The Morgan fingerprint density at radius 3 is 2.14 bits per heavy atom. The Hall–Kier alpha value is -1.18. The molecule has 0 fully saturated rings. The Balaban J connectivity index is 2.52. The molecule has 0 unspecified atom stereocenters. The summed E-state index contributed by atoms with van der Waals surface area (Å²) in [5.41, 5.74) is 0.255. The van der Waals surface area contributed by atoms with Crippen molar-refractivity contribution in [2.24, 2.45) is 0 Å². The van der Waals surface area contributed by atoms with Gasteiger partial charge in [0.05, 0.1) is 6.42 Å². The zero-order valence-electron chi connectivity index (χ0n) is 10.7. The van der Waals surface area contributed by atoms with Gasteiger partial charge in [0.25, 0.3) is 0 Å². The molecule has 0 aliphatic heterocycles. The maximum Gasteiger partial charge on any atom is 0.315 e. The number of hydrogen-bond acceptors (Lipinski definition) is 2. The fraction of sp³-hybridized carbons (Fsp3) is 0.462. The molecule has 1 aromatic carbocycles. The Morgan fingerprint density at radius 2 is 1.62 bits per heavy atom. The monoisotopic (exact) mass is 330 g/mol. The molecule has 1 rings (SSSR count). The minimum absolute atomic E-state index is 0.255. The van der Waals surface area contributed by atoms with E-state index in [4.69, 9.17) is 0 Å². The van der Waals surface area contributed by atoms with Gasteiger partial charge in [0, 0.05) is 17.7 Å². The minimum Gasteiger partial charge on any atom is -0.282 e. The highest BCUT2D eigenvalue weighted by molar-refractivity contribution is 8.14. The first-order valence-electron chi connectivity index (χ1n) is 5.92. The Labute approximate surface area is 121 Å². The van der Waals surface area contributed by atoms with Crippen molar-refractivity contribution in [1.29, 1.82) is 0 Å². The van der Waals surface area contributed by atoms with Gasteiger partial charge in [0.2, 0.25) is 11.5 Å². The van der Waals surface area contributed by atoms with Crippen molar-refractivity contribution in [3.05, 3.63) is 35.9 Å². The second-order valence-electron chi connectivity index (χ2n) is 4.26. The zero-order chi connectivity index (χ0) is 16.1. The van der Waals surface area contributed by atoms with Crippen LogP contribution < -0.4 is 0 Å². The van der Waals surface area contributed by atoms with Crippen LogP contribution in [-0.4, -0.2) is 29.1 Å². The Kier molecular flexibility index (Phi) is 6.12. The first kappa shape index (κ1) is 17.9. The van der Waals surface area contributed by atoms with Crippen LogP contribution in [0.3, 0.4) is 0 Å². The molecule has 1 aromatic rings. The van der Waals surface area contributed by atoms with Gasteiger partial charge in [-0.15, -0.1) is 0 Å². The third-order valence-electron chi connectivity index (χ3n) is 2.60. The molecular weight excluding hydrogens is 318 g/mol. The summed E-state index contributed by atoms with van der Waals surface area (Å²) in [6.07, 6.45) is -7.07. The van der Waals surface area contributed by atoms with Gasteiger partial charge in [-0.05, 0) is 0 Å². The molecule has 0 aliphatic rings. The maximum absolute atomic E-state index is 13.2. The van der Waals surface area contributed by atoms with E-state index in [1.54, 1.807) is 18.2 Å². The Morgan fingerprint density at radius 1 is 1.05 bits per heavy atom. The largest absolute Gasteiger partial charge is 0.315 e. The summed E-state index contributed by atoms with van der Waals surface area (Å²) in [6.45, 7) is 0. The van der Waals surface area contributed by atoms with E-state index in [2.05, 4.69) is 0 Å². The first-order valence-corrected chi connectivity index (χ1v) is 6.90. The van der Waals surface area contributed by atoms with E-state index in [0.29, 0.717) is 11.8 Å². The average molecular weight is 330 g/mol. The van der Waals surface area contributed by atoms with Gasteiger partial charge < -0.3 is 0 Å². The molecular formula is C13H12F6OS. The lowest BCUT2D eigenvalue weighted by Crippen LogP contribution is -2.42. The van der Waals surface area contributed by atoms with Gasteiger partial charge in [0.15, 0.2) is 0 Å². The summed E-state index contributed by atoms with van der Waals surface area (Å²) in [5.74, 6) is -9.95. The van der Waals surface area contributed by atoms with E-state index in [9.17, 15) is 31.1 Å². The molecule has 0 aromatic heterocycles. The topological polar surface area (TPSA) is 17.1 Å². The fourth-order valence-electron chi connectivity index (χ4n) is 1.46. The van der Waals surface area contributed by atoms with E-state index in [0.717, 1.165) is 0 Å². The number of benzene rings is 1. The lowest BCUT2D eigenvalue weighted by molar-refractivity contribution is -0.224. The third kappa shape index (κ3) is 5.26. The SMILES string of the molecule is O=C(SCCC(F)(F)C(F)(F)CC(F)F)c1ccccc1. The molecule has 1 nitrogen and oxygen atoms in total. The number of rotatable bonds is 7. The molecule has 0 N–H and O–H groups in total. The molecule has 21 heavy (non-hydrogen) atoms. The molecule has 0 saturated carbocycles. The van der Waals surface area contributed by atoms with Crippen LogP contribution in [-0.2, 0) is 0 Å². The van der Waals surface area contributed by atoms with Gasteiger partial charge in [0.1, 0.15) is 0 Å². The van der Waals surface area contributed by atoms with E-state index in [1.165, 1.54) is 12.1 Å². The molecule has 0 heterocycles. The summed E-state index contributed by atoms with van der Waals surface area (Å²) in [4.78, 5) is 11.6. The van der Waals surface area contributed by atoms with Crippen LogP contribution in [0.15, 0.2) is 30.3 Å². The van der Waals surface area contributed by atoms with Crippen molar-refractivity contribution in [2.75, 3.05) is 5.75 Å². The highest BCUT2D eigenvalue weighted by atomic mass is 32.2. The summed E-state index contributed by atoms with van der Waals surface area (Å²) in [5, 5.41) is -0.538. The van der Waals surface area contributed by atoms with Crippen LogP contribution in [0, 0.1) is 0 Å². The number of thioether (sulfide) groups is 1. The molecule has 0 spiro atoms. The highest BCUT2D eigenvalue weighted by Crippen LogP contribution is 2.41. The van der Waals surface area contributed by atoms with Crippen molar-refractivity contribution in [2.45, 2.75) is 31.1 Å². The van der Waals surface area contributed by atoms with Crippen LogP contribution in [0.1, 0.15) is 23.2 Å². The maximum atomic E-state index is 13.2. The van der Waals surface area contributed by atoms with Gasteiger partial charge in [-0.2, -0.15) is 17.6 Å². The van der Waals surface area contributed by atoms with E-state index >= 15 is 0 Å². The fourth-order valence-corrected chi connectivity index (χ4v) is 2.30. The highest BCUT2D eigenvalue weighted by Gasteiger charge is 2.56. The average Bonchev–Trinajstić information content (AvgIpc) is 2.37. The van der Waals surface area contributed by atoms with Gasteiger partial charge >= 0.3 is 11.8 Å². The van der Waals surface area contributed by atoms with E-state index in [-0.39, 0.29) is 5.56 Å². The third-order valence-corrected chi connectivity index (χ3v) is 3.51. The van der Waals surface area contributed by atoms with Crippen molar-refractivity contribution in [3.63, 3.8) is 0 Å². The summed E-state index contributed by atoms with van der Waals surface area (Å²) in [6, 6.07) is 7.70. The second-order valence-corrected chi connectivity index (χ2v) is 5.32. The molecule has 118 valence electrons. The molecule has 0 bridgehead atoms. The smallest absolute Gasteiger partial charge is 0.282 e. The second kappa shape index (κ2) is 7.20. The predicted molar refractivity (Wildman–Crippen MR) is 68.4 cm³/mol. The van der Waals surface area contributed by atoms with E-state index < -0.39 is 42.0 Å². The number of carbonyl (C=O) groups is 1. The molecule has 0 atom stereocenters. The molecule has 0 aliphatic carbocycles. The van der Waals surface area contributed by atoms with Crippen LogP contribution in [0.2, 0.25) is 0 Å². The van der Waals surface area contributed by atoms with Crippen LogP contribution in [0.25, 0.3) is 0 Å². The van der Waals surface area contributed by atoms with Crippen molar-refractivity contribution in [1.82, 2.24) is 0 Å². The number of alkyl halides is 6. The van der Waals surface area contributed by atoms with Crippen molar-refractivity contribution in [3.8, 4) is 0 Å². The lowest BCUT2D eigenvalue weighted by atomic mass is 10.1. The molecule has 0 radical (unpaired) electrons. The molecule has 8 heteroatoms. The summed E-state index contributed by atoms with van der Waals surface area (Å²) < 4.78 is 76.1. The lowest BCUT2D eigenvalue weighted by Gasteiger charge is -2.26. The number of carbonyl (C=O) groups excluding carboxylic acids is 1. The first-order chi connectivity index (χ1) is 9.66. The van der Waals surface area contributed by atoms with E-state index in [1.807, 2.05) is 0 Å². The van der Waals surface area contributed by atoms with Gasteiger partial charge in [-0.3, -0.25) is 4.79 Å². The normalized spacial score (nSPS) is 12.7. The minimum atomic E-state index is -4.79. The predicted octanol–water partition coefficient (Wildman–Crippen LogP) is 4.88. The van der Waals surface area contributed by atoms with Crippen LogP contribution in [0.4, 0.5) is 26.3 Å². The quantitative estimate of drug-likeness (QED) is 0.663. The van der Waals surface area contributed by atoms with Crippen molar-refractivity contribution < 1.29 is 31.1 Å². The standard InChI is InChI=1S/C13H12F6OS/c14-10(15)8-13(18,19)12(16,17)6-7-21-11(20)9-4-2-1-3-5-9/h1-5,10H,6-8H2. The molecule has 0 saturated heterocycles. The summed E-state index contributed by atoms with van der Waals surface area (Å²) in [7, 11) is 0. The zero-order valence-corrected chi connectivity index (χ0v) is 11.5. The van der Waals surface area contributed by atoms with Gasteiger partial charge in [-0.25, -0.2) is 8.78 Å². The number of halogens is 6. The Bertz CT molecular complexity index is 463. The van der Waals surface area contributed by atoms with Crippen LogP contribution >= 0.6 is 11.8 Å². The van der Waals surface area contributed by atoms with Crippen LogP contribution in [0.5, 0.6) is 0 Å². The molecule has 0 amide bonds. The van der Waals surface area contributed by atoms with Gasteiger partial charge in [-0.1, -0.05) is 42.1 Å². The van der Waals surface area contributed by atoms with Crippen molar-refractivity contribution >= 4 is 16.9 Å². The number of hydrogen-bond donors (Lipinski definition) is 0. The summed E-state index contributed by atoms with van der Waals surface area (Å²) >= 11 is 0.452.